The number of nitrogens with zero attached hydrogens (tertiary/aromatic N) is 2. The minimum atomic E-state index is -4.41. The van der Waals surface area contributed by atoms with Gasteiger partial charge in [0.25, 0.3) is 0 Å². The molecule has 0 saturated heterocycles. The molecule has 140 valence electrons. The van der Waals surface area contributed by atoms with Gasteiger partial charge >= 0.3 is 12.2 Å². The van der Waals surface area contributed by atoms with Gasteiger partial charge in [-0.2, -0.15) is 18.2 Å². The minimum Gasteiger partial charge on any atom is -0.476 e. The number of hydrogen-bond donors (Lipinski definition) is 1. The fraction of sp³-hybridized carbons (Fsp3) is 0.353. The Hall–Kier alpha value is -2.84. The minimum absolute atomic E-state index is 0.100. The number of ether oxygens (including phenoxy) is 2. The number of rotatable bonds is 7. The van der Waals surface area contributed by atoms with E-state index in [0.29, 0.717) is 18.8 Å². The number of carbonyl (C=O) groups excluding carboxylic acids is 1. The first kappa shape index (κ1) is 19.5. The summed E-state index contributed by atoms with van der Waals surface area (Å²) in [5, 5.41) is 2.59. The van der Waals surface area contributed by atoms with Crippen molar-refractivity contribution < 1.29 is 27.4 Å². The van der Waals surface area contributed by atoms with Crippen LogP contribution in [0.1, 0.15) is 25.0 Å². The van der Waals surface area contributed by atoms with Crippen LogP contribution in [-0.4, -0.2) is 29.1 Å². The van der Waals surface area contributed by atoms with Crippen LogP contribution in [-0.2, 0) is 17.4 Å². The van der Waals surface area contributed by atoms with Crippen LogP contribution in [0.25, 0.3) is 0 Å². The molecule has 1 aromatic heterocycles. The molecule has 0 bridgehead atoms. The van der Waals surface area contributed by atoms with Gasteiger partial charge in [0.05, 0.1) is 31.4 Å². The van der Waals surface area contributed by atoms with E-state index in [1.165, 1.54) is 18.3 Å². The van der Waals surface area contributed by atoms with Gasteiger partial charge in [-0.25, -0.2) is 4.98 Å². The lowest BCUT2D eigenvalue weighted by atomic mass is 10.1. The van der Waals surface area contributed by atoms with Crippen LogP contribution in [0.3, 0.4) is 0 Å². The lowest BCUT2D eigenvalue weighted by molar-refractivity contribution is -0.137. The van der Waals surface area contributed by atoms with Gasteiger partial charge in [0.15, 0.2) is 0 Å². The molecule has 2 rings (SSSR count). The maximum Gasteiger partial charge on any atom is 0.416 e. The number of halogens is 3. The zero-order valence-corrected chi connectivity index (χ0v) is 14.3. The Balaban J connectivity index is 2.07. The first-order valence-electron chi connectivity index (χ1n) is 7.92. The number of amides is 1. The monoisotopic (exact) mass is 369 g/mol. The van der Waals surface area contributed by atoms with Crippen molar-refractivity contribution in [1.82, 2.24) is 9.97 Å². The second kappa shape index (κ2) is 8.50. The third-order valence-electron chi connectivity index (χ3n) is 3.21. The van der Waals surface area contributed by atoms with Gasteiger partial charge in [0.1, 0.15) is 5.69 Å². The van der Waals surface area contributed by atoms with Crippen molar-refractivity contribution in [3.8, 4) is 11.9 Å². The summed E-state index contributed by atoms with van der Waals surface area (Å²) in [5.74, 6) is -0.273. The molecule has 0 saturated carbocycles. The zero-order chi connectivity index (χ0) is 19.2. The molecular formula is C17H18F3N3O3. The molecule has 26 heavy (non-hydrogen) atoms. The molecule has 9 heteroatoms. The van der Waals surface area contributed by atoms with Crippen molar-refractivity contribution in [2.45, 2.75) is 26.4 Å². The van der Waals surface area contributed by atoms with E-state index < -0.39 is 17.6 Å². The molecule has 0 spiro atoms. The molecule has 1 N–H and O–H groups in total. The van der Waals surface area contributed by atoms with E-state index in [9.17, 15) is 18.0 Å². The molecule has 0 aliphatic carbocycles. The maximum atomic E-state index is 12.6. The van der Waals surface area contributed by atoms with Gasteiger partial charge in [-0.3, -0.25) is 4.79 Å². The van der Waals surface area contributed by atoms with Crippen LogP contribution < -0.4 is 14.8 Å². The molecule has 0 atom stereocenters. The Kier molecular flexibility index (Phi) is 6.37. The zero-order valence-electron chi connectivity index (χ0n) is 14.3. The number of aromatic nitrogens is 2. The van der Waals surface area contributed by atoms with Crippen LogP contribution in [0.5, 0.6) is 11.9 Å². The molecule has 0 fully saturated rings. The van der Waals surface area contributed by atoms with Crippen molar-refractivity contribution in [2.75, 3.05) is 18.5 Å². The molecule has 0 unspecified atom stereocenters. The summed E-state index contributed by atoms with van der Waals surface area (Å²) in [5.41, 5.74) is -0.0623. The topological polar surface area (TPSA) is 73.3 Å². The van der Waals surface area contributed by atoms with Crippen molar-refractivity contribution in [3.05, 3.63) is 41.6 Å². The second-order valence-corrected chi connectivity index (χ2v) is 5.16. The fourth-order valence-corrected chi connectivity index (χ4v) is 2.07. The Bertz CT molecular complexity index is 749. The quantitative estimate of drug-likeness (QED) is 0.809. The predicted octanol–water partition coefficient (Wildman–Crippen LogP) is 3.47. The second-order valence-electron chi connectivity index (χ2n) is 5.16. The van der Waals surface area contributed by atoms with E-state index in [1.54, 1.807) is 13.8 Å². The smallest absolute Gasteiger partial charge is 0.416 e. The molecule has 0 radical (unpaired) electrons. The van der Waals surface area contributed by atoms with Gasteiger partial charge in [-0.1, -0.05) is 12.1 Å². The van der Waals surface area contributed by atoms with Crippen LogP contribution in [0.4, 0.5) is 18.9 Å². The molecule has 1 amide bonds. The van der Waals surface area contributed by atoms with Gasteiger partial charge in [0, 0.05) is 0 Å². The Morgan fingerprint density at radius 2 is 1.77 bits per heavy atom. The lowest BCUT2D eigenvalue weighted by Gasteiger charge is -2.12. The van der Waals surface area contributed by atoms with Gasteiger partial charge in [-0.15, -0.1) is 0 Å². The maximum absolute atomic E-state index is 12.6. The molecule has 1 heterocycles. The van der Waals surface area contributed by atoms with Crippen molar-refractivity contribution in [1.29, 1.82) is 0 Å². The fourth-order valence-electron chi connectivity index (χ4n) is 2.07. The van der Waals surface area contributed by atoms with Gasteiger partial charge in [-0.05, 0) is 31.5 Å². The van der Waals surface area contributed by atoms with Crippen LogP contribution >= 0.6 is 0 Å². The SMILES string of the molecule is CCOc1ncc(NC(=O)Cc2ccc(C(F)(F)F)cc2)c(OCC)n1. The largest absolute Gasteiger partial charge is 0.476 e. The van der Waals surface area contributed by atoms with E-state index in [0.717, 1.165) is 12.1 Å². The highest BCUT2D eigenvalue weighted by atomic mass is 19.4. The average molecular weight is 369 g/mol. The summed E-state index contributed by atoms with van der Waals surface area (Å²) in [7, 11) is 0. The summed E-state index contributed by atoms with van der Waals surface area (Å²) in [6.07, 6.45) is -3.16. The molecule has 1 aromatic carbocycles. The number of hydrogen-bond acceptors (Lipinski definition) is 5. The summed E-state index contributed by atoms with van der Waals surface area (Å²) >= 11 is 0. The highest BCUT2D eigenvalue weighted by Crippen LogP contribution is 2.29. The van der Waals surface area contributed by atoms with Crippen molar-refractivity contribution >= 4 is 11.6 Å². The third-order valence-corrected chi connectivity index (χ3v) is 3.21. The molecule has 6 nitrogen and oxygen atoms in total. The van der Waals surface area contributed by atoms with Crippen LogP contribution in [0.2, 0.25) is 0 Å². The van der Waals surface area contributed by atoms with Crippen LogP contribution in [0, 0.1) is 0 Å². The number of alkyl halides is 3. The molecule has 0 aliphatic heterocycles. The van der Waals surface area contributed by atoms with Gasteiger partial charge < -0.3 is 14.8 Å². The Morgan fingerprint density at radius 3 is 2.35 bits per heavy atom. The normalized spacial score (nSPS) is 11.1. The summed E-state index contributed by atoms with van der Waals surface area (Å²) in [6, 6.07) is 4.53. The van der Waals surface area contributed by atoms with E-state index in [2.05, 4.69) is 15.3 Å². The van der Waals surface area contributed by atoms with E-state index >= 15 is 0 Å². The highest BCUT2D eigenvalue weighted by Gasteiger charge is 2.30. The standard InChI is InChI=1S/C17H18F3N3O3/c1-3-25-15-13(10-21-16(23-15)26-4-2)22-14(24)9-11-5-7-12(8-6-11)17(18,19)20/h5-8,10H,3-4,9H2,1-2H3,(H,22,24). The number of nitrogens with one attached hydrogen (secondary N) is 1. The third kappa shape index (κ3) is 5.33. The highest BCUT2D eigenvalue weighted by molar-refractivity contribution is 5.93. The summed E-state index contributed by atoms with van der Waals surface area (Å²) < 4.78 is 48.2. The van der Waals surface area contributed by atoms with Crippen molar-refractivity contribution in [2.24, 2.45) is 0 Å². The molecule has 2 aromatic rings. The first-order chi connectivity index (χ1) is 12.3. The Labute approximate surface area is 148 Å². The first-order valence-corrected chi connectivity index (χ1v) is 7.92. The summed E-state index contributed by atoms with van der Waals surface area (Å²) in [6.45, 7) is 4.25. The lowest BCUT2D eigenvalue weighted by Crippen LogP contribution is -2.16. The van der Waals surface area contributed by atoms with E-state index in [-0.39, 0.29) is 24.0 Å². The number of benzene rings is 1. The van der Waals surface area contributed by atoms with Crippen LogP contribution in [0.15, 0.2) is 30.5 Å². The van der Waals surface area contributed by atoms with Crippen molar-refractivity contribution in [3.63, 3.8) is 0 Å². The Morgan fingerprint density at radius 1 is 1.12 bits per heavy atom. The summed E-state index contributed by atoms with van der Waals surface area (Å²) in [4.78, 5) is 20.2. The number of carbonyl (C=O) groups is 1. The molecule has 0 aliphatic rings. The number of anilines is 1. The van der Waals surface area contributed by atoms with E-state index in [4.69, 9.17) is 9.47 Å². The van der Waals surface area contributed by atoms with E-state index in [1.807, 2.05) is 0 Å². The molecular weight excluding hydrogens is 351 g/mol. The average Bonchev–Trinajstić information content (AvgIpc) is 2.57. The van der Waals surface area contributed by atoms with Gasteiger partial charge in [0.2, 0.25) is 11.8 Å². The predicted molar refractivity (Wildman–Crippen MR) is 88.1 cm³/mol.